The van der Waals surface area contributed by atoms with Crippen molar-refractivity contribution in [1.29, 1.82) is 0 Å². The van der Waals surface area contributed by atoms with E-state index in [1.807, 2.05) is 31.2 Å². The highest BCUT2D eigenvalue weighted by Crippen LogP contribution is 2.53. The third-order valence-corrected chi connectivity index (χ3v) is 4.19. The molecule has 18 heavy (non-hydrogen) atoms. The first-order valence-electron chi connectivity index (χ1n) is 5.87. The van der Waals surface area contributed by atoms with Crippen LogP contribution in [-0.4, -0.2) is 10.2 Å². The van der Waals surface area contributed by atoms with Crippen LogP contribution in [0.15, 0.2) is 24.3 Å². The van der Waals surface area contributed by atoms with Gasteiger partial charge < -0.3 is 5.32 Å². The number of halogens is 3. The Bertz CT molecular complexity index is 461. The lowest BCUT2D eigenvalue weighted by atomic mass is 10.0. The lowest BCUT2D eigenvalue weighted by Crippen LogP contribution is -2.30. The monoisotopic (exact) mass is 305 g/mol. The molecule has 0 aliphatic heterocycles. The van der Waals surface area contributed by atoms with Gasteiger partial charge in [0.15, 0.2) is 0 Å². The van der Waals surface area contributed by atoms with Crippen molar-refractivity contribution in [1.82, 2.24) is 5.32 Å². The molecular formula is C13H14Cl3NO. The highest BCUT2D eigenvalue weighted by atomic mass is 35.5. The van der Waals surface area contributed by atoms with Crippen LogP contribution in [0.4, 0.5) is 0 Å². The summed E-state index contributed by atoms with van der Waals surface area (Å²) < 4.78 is -0.878. The number of alkyl halides is 2. The number of carbonyl (C=O) groups excluding carboxylic acids is 1. The van der Waals surface area contributed by atoms with Crippen LogP contribution < -0.4 is 5.32 Å². The molecule has 0 saturated heterocycles. The second-order valence-corrected chi connectivity index (χ2v) is 6.52. The molecule has 1 aromatic carbocycles. The minimum Gasteiger partial charge on any atom is -0.349 e. The van der Waals surface area contributed by atoms with Crippen molar-refractivity contribution in [2.45, 2.75) is 30.1 Å². The minimum absolute atomic E-state index is 0.0547. The van der Waals surface area contributed by atoms with Gasteiger partial charge in [-0.05, 0) is 30.5 Å². The number of hydrogen-bond acceptors (Lipinski definition) is 1. The zero-order chi connectivity index (χ0) is 13.3. The Hall–Kier alpha value is -0.440. The average molecular weight is 307 g/mol. The van der Waals surface area contributed by atoms with Crippen LogP contribution in [0.5, 0.6) is 0 Å². The fourth-order valence-corrected chi connectivity index (χ4v) is 2.62. The van der Waals surface area contributed by atoms with E-state index in [0.29, 0.717) is 11.4 Å². The van der Waals surface area contributed by atoms with Crippen molar-refractivity contribution in [3.8, 4) is 0 Å². The molecule has 2 atom stereocenters. The van der Waals surface area contributed by atoms with Gasteiger partial charge in [0, 0.05) is 5.02 Å². The molecule has 2 rings (SSSR count). The third kappa shape index (κ3) is 3.11. The van der Waals surface area contributed by atoms with E-state index in [-0.39, 0.29) is 17.9 Å². The summed E-state index contributed by atoms with van der Waals surface area (Å²) in [5, 5.41) is 3.62. The molecule has 98 valence electrons. The molecule has 1 N–H and O–H groups in total. The summed E-state index contributed by atoms with van der Waals surface area (Å²) in [6.45, 7) is 2.01. The smallest absolute Gasteiger partial charge is 0.226 e. The van der Waals surface area contributed by atoms with Crippen LogP contribution in [0, 0.1) is 5.92 Å². The Morgan fingerprint density at radius 2 is 2.22 bits per heavy atom. The van der Waals surface area contributed by atoms with E-state index in [0.717, 1.165) is 12.0 Å². The molecule has 2 nitrogen and oxygen atoms in total. The number of nitrogens with one attached hydrogen (secondary N) is 1. The first-order valence-corrected chi connectivity index (χ1v) is 7.01. The Kier molecular flexibility index (Phi) is 4.10. The Balaban J connectivity index is 2.04. The Labute approximate surface area is 122 Å². The molecule has 1 aromatic rings. The largest absolute Gasteiger partial charge is 0.349 e. The van der Waals surface area contributed by atoms with Crippen LogP contribution in [-0.2, 0) is 4.79 Å². The number of hydrogen-bond donors (Lipinski definition) is 1. The second kappa shape index (κ2) is 5.28. The fourth-order valence-electron chi connectivity index (χ4n) is 1.91. The van der Waals surface area contributed by atoms with Gasteiger partial charge >= 0.3 is 0 Å². The maximum Gasteiger partial charge on any atom is 0.226 e. The van der Waals surface area contributed by atoms with E-state index >= 15 is 0 Å². The van der Waals surface area contributed by atoms with Gasteiger partial charge in [0.2, 0.25) is 5.91 Å². The zero-order valence-corrected chi connectivity index (χ0v) is 12.2. The number of carbonyl (C=O) groups is 1. The van der Waals surface area contributed by atoms with E-state index < -0.39 is 4.33 Å². The van der Waals surface area contributed by atoms with Crippen LogP contribution >= 0.6 is 34.8 Å². The molecule has 0 radical (unpaired) electrons. The summed E-state index contributed by atoms with van der Waals surface area (Å²) in [5.41, 5.74) is 0.994. The molecule has 1 aliphatic carbocycles. The Morgan fingerprint density at radius 1 is 1.56 bits per heavy atom. The molecule has 0 bridgehead atoms. The van der Waals surface area contributed by atoms with Crippen molar-refractivity contribution in [3.63, 3.8) is 0 Å². The average Bonchev–Trinajstić information content (AvgIpc) is 2.95. The molecule has 1 amide bonds. The maximum absolute atomic E-state index is 11.9. The number of rotatable bonds is 4. The van der Waals surface area contributed by atoms with Gasteiger partial charge in [-0.1, -0.05) is 30.7 Å². The molecular weight excluding hydrogens is 293 g/mol. The van der Waals surface area contributed by atoms with Gasteiger partial charge in [0.1, 0.15) is 4.33 Å². The van der Waals surface area contributed by atoms with Crippen molar-refractivity contribution < 1.29 is 4.79 Å². The van der Waals surface area contributed by atoms with Crippen molar-refractivity contribution in [3.05, 3.63) is 34.9 Å². The lowest BCUT2D eigenvalue weighted by molar-refractivity contribution is -0.123. The molecule has 5 heteroatoms. The van der Waals surface area contributed by atoms with Gasteiger partial charge in [-0.3, -0.25) is 4.79 Å². The van der Waals surface area contributed by atoms with Crippen molar-refractivity contribution >= 4 is 40.7 Å². The predicted molar refractivity (Wildman–Crippen MR) is 75.2 cm³/mol. The molecule has 2 unspecified atom stereocenters. The molecule has 0 spiro atoms. The highest BCUT2D eigenvalue weighted by Gasteiger charge is 2.56. The SMILES string of the molecule is CCC(NC(=O)C1CC1(Cl)Cl)c1cccc(Cl)c1. The summed E-state index contributed by atoms with van der Waals surface area (Å²) in [6.07, 6.45) is 1.31. The summed E-state index contributed by atoms with van der Waals surface area (Å²) in [4.78, 5) is 11.9. The van der Waals surface area contributed by atoms with Crippen molar-refractivity contribution in [2.24, 2.45) is 5.92 Å². The zero-order valence-electron chi connectivity index (χ0n) is 9.92. The third-order valence-electron chi connectivity index (χ3n) is 3.12. The molecule has 0 aromatic heterocycles. The van der Waals surface area contributed by atoms with Gasteiger partial charge in [-0.15, -0.1) is 23.2 Å². The number of benzene rings is 1. The molecule has 1 fully saturated rings. The number of amides is 1. The predicted octanol–water partition coefficient (Wildman–Crippen LogP) is 4.10. The molecule has 1 aliphatic rings. The van der Waals surface area contributed by atoms with Gasteiger partial charge in [0.05, 0.1) is 12.0 Å². The Morgan fingerprint density at radius 3 is 2.72 bits per heavy atom. The second-order valence-electron chi connectivity index (χ2n) is 4.54. The van der Waals surface area contributed by atoms with E-state index in [2.05, 4.69) is 5.32 Å². The first-order chi connectivity index (χ1) is 8.44. The molecule has 1 saturated carbocycles. The van der Waals surface area contributed by atoms with E-state index in [1.165, 1.54) is 0 Å². The summed E-state index contributed by atoms with van der Waals surface area (Å²) in [5.74, 6) is -0.388. The highest BCUT2D eigenvalue weighted by molar-refractivity contribution is 6.52. The van der Waals surface area contributed by atoms with Crippen LogP contribution in [0.2, 0.25) is 5.02 Å². The van der Waals surface area contributed by atoms with Gasteiger partial charge in [-0.25, -0.2) is 0 Å². The quantitative estimate of drug-likeness (QED) is 0.834. The van der Waals surface area contributed by atoms with Crippen molar-refractivity contribution in [2.75, 3.05) is 0 Å². The summed E-state index contributed by atoms with van der Waals surface area (Å²) in [6, 6.07) is 7.43. The standard InChI is InChI=1S/C13H14Cl3NO/c1-2-11(8-4-3-5-9(14)6-8)17-12(18)10-7-13(10,15)16/h3-6,10-11H,2,7H2,1H3,(H,17,18). The van der Waals surface area contributed by atoms with E-state index in [4.69, 9.17) is 34.8 Å². The van der Waals surface area contributed by atoms with Gasteiger partial charge in [0.25, 0.3) is 0 Å². The maximum atomic E-state index is 11.9. The van der Waals surface area contributed by atoms with Crippen LogP contribution in [0.3, 0.4) is 0 Å². The topological polar surface area (TPSA) is 29.1 Å². The van der Waals surface area contributed by atoms with Gasteiger partial charge in [-0.2, -0.15) is 0 Å². The summed E-state index contributed by atoms with van der Waals surface area (Å²) >= 11 is 17.7. The first kappa shape index (κ1) is 14.0. The van der Waals surface area contributed by atoms with Crippen LogP contribution in [0.25, 0.3) is 0 Å². The summed E-state index contributed by atoms with van der Waals surface area (Å²) in [7, 11) is 0. The minimum atomic E-state index is -0.878. The molecule has 0 heterocycles. The van der Waals surface area contributed by atoms with Crippen LogP contribution in [0.1, 0.15) is 31.4 Å². The fraction of sp³-hybridized carbons (Fsp3) is 0.462. The normalized spacial score (nSPS) is 22.3. The van der Waals surface area contributed by atoms with E-state index in [9.17, 15) is 4.79 Å². The lowest BCUT2D eigenvalue weighted by Gasteiger charge is -2.18. The van der Waals surface area contributed by atoms with E-state index in [1.54, 1.807) is 0 Å².